The van der Waals surface area contributed by atoms with Gasteiger partial charge in [-0.05, 0) is 56.7 Å². The zero-order valence-electron chi connectivity index (χ0n) is 28.7. The van der Waals surface area contributed by atoms with E-state index in [1.165, 1.54) is 23.0 Å². The SMILES string of the molecule is COc1ccc2c(O[C@H]3C[C@H]4C(=O)N(C)CCCC/C=C\[C@@H]5C[C@@]5(C(=O)NS(=O)(=O)C5CC5)NC(=O)N4C3)cc(-n3ccc(C(F)(F)F)n3)nc2c1Cl. The van der Waals surface area contributed by atoms with E-state index in [9.17, 15) is 36.0 Å². The molecule has 4 atom stereocenters. The first-order valence-electron chi connectivity index (χ1n) is 17.1. The highest BCUT2D eigenvalue weighted by Gasteiger charge is 2.62. The number of likely N-dealkylation sites (N-methyl/N-ethyl adjacent to an activating group) is 1. The number of aromatic nitrogens is 3. The van der Waals surface area contributed by atoms with Gasteiger partial charge in [-0.25, -0.2) is 22.9 Å². The number of ether oxygens (including phenoxy) is 2. The van der Waals surface area contributed by atoms with Gasteiger partial charge in [0, 0.05) is 43.6 Å². The van der Waals surface area contributed by atoms with Crippen LogP contribution in [0.15, 0.2) is 42.6 Å². The molecule has 2 aliphatic carbocycles. The predicted octanol–water partition coefficient (Wildman–Crippen LogP) is 4.20. The summed E-state index contributed by atoms with van der Waals surface area (Å²) in [5, 5.41) is 6.21. The van der Waals surface area contributed by atoms with E-state index in [0.29, 0.717) is 37.6 Å². The van der Waals surface area contributed by atoms with E-state index >= 15 is 0 Å². The van der Waals surface area contributed by atoms with Crippen LogP contribution in [-0.2, 0) is 25.8 Å². The Bertz CT molecular complexity index is 2110. The highest BCUT2D eigenvalue weighted by atomic mass is 35.5. The van der Waals surface area contributed by atoms with E-state index in [4.69, 9.17) is 21.1 Å². The Morgan fingerprint density at radius 1 is 1.15 bits per heavy atom. The van der Waals surface area contributed by atoms with Gasteiger partial charge in [0.15, 0.2) is 11.5 Å². The number of amides is 4. The molecule has 1 aromatic carbocycles. The Kier molecular flexibility index (Phi) is 9.49. The van der Waals surface area contributed by atoms with Gasteiger partial charge in [-0.1, -0.05) is 23.8 Å². The number of pyridine rings is 1. The van der Waals surface area contributed by atoms with Gasteiger partial charge in [0.25, 0.3) is 5.91 Å². The van der Waals surface area contributed by atoms with Crippen LogP contribution >= 0.6 is 11.6 Å². The number of methoxy groups -OCH3 is 1. The standard InChI is InChI=1S/C34H37ClF3N7O7S/c1-43-13-6-4-3-5-7-19-17-33(19,31(47)42-53(49,50)21-8-9-21)40-32(48)44-18-20(15-23(44)30(43)46)52-25-16-27(45-14-12-26(41-45)34(36,37)38)39-29-22(25)10-11-24(51-2)28(29)35/h5,7,10-12,14,16,19-21,23H,3-4,6,8-9,13,15,17-18H2,1-2H3,(H,40,48)(H,42,47)/b7-5-/t19-,20+,23+,33-/m1/s1. The number of fused-ring (bicyclic) bond motifs is 3. The number of hydrogen-bond acceptors (Lipinski definition) is 9. The molecule has 2 aromatic heterocycles. The smallest absolute Gasteiger partial charge is 0.435 e. The molecule has 3 fully saturated rings. The van der Waals surface area contributed by atoms with Crippen LogP contribution in [0.4, 0.5) is 18.0 Å². The number of nitrogens with zero attached hydrogens (tertiary/aromatic N) is 5. The molecule has 1 saturated heterocycles. The van der Waals surface area contributed by atoms with Crippen molar-refractivity contribution in [3.05, 3.63) is 53.3 Å². The molecule has 3 aromatic rings. The van der Waals surface area contributed by atoms with E-state index in [2.05, 4.69) is 20.1 Å². The van der Waals surface area contributed by atoms with Crippen molar-refractivity contribution in [2.24, 2.45) is 5.92 Å². The summed E-state index contributed by atoms with van der Waals surface area (Å²) in [4.78, 5) is 48.9. The Morgan fingerprint density at radius 3 is 2.62 bits per heavy atom. The summed E-state index contributed by atoms with van der Waals surface area (Å²) in [5.41, 5.74) is -2.53. The molecule has 7 rings (SSSR count). The van der Waals surface area contributed by atoms with E-state index in [0.717, 1.165) is 23.4 Å². The van der Waals surface area contributed by atoms with E-state index in [1.807, 2.05) is 12.2 Å². The maximum absolute atomic E-state index is 14.1. The molecule has 19 heteroatoms. The number of allylic oxidation sites excluding steroid dienone is 1. The van der Waals surface area contributed by atoms with Crippen molar-refractivity contribution < 1.29 is 45.4 Å². The fraction of sp³-hybridized carbons (Fsp3) is 0.500. The minimum Gasteiger partial charge on any atom is -0.495 e. The van der Waals surface area contributed by atoms with Crippen molar-refractivity contribution in [2.45, 2.75) is 74.1 Å². The lowest BCUT2D eigenvalue weighted by atomic mass is 10.1. The van der Waals surface area contributed by atoms with Gasteiger partial charge < -0.3 is 24.6 Å². The molecule has 4 heterocycles. The summed E-state index contributed by atoms with van der Waals surface area (Å²) >= 11 is 6.62. The van der Waals surface area contributed by atoms with Crippen LogP contribution in [0.1, 0.15) is 50.6 Å². The monoisotopic (exact) mass is 779 g/mol. The number of hydrogen-bond donors (Lipinski definition) is 2. The topological polar surface area (TPSA) is 165 Å². The molecule has 0 radical (unpaired) electrons. The lowest BCUT2D eigenvalue weighted by Crippen LogP contribution is -2.57. The van der Waals surface area contributed by atoms with E-state index < -0.39 is 62.7 Å². The minimum absolute atomic E-state index is 0.0260. The van der Waals surface area contributed by atoms with Gasteiger partial charge >= 0.3 is 12.2 Å². The van der Waals surface area contributed by atoms with E-state index in [1.54, 1.807) is 19.2 Å². The van der Waals surface area contributed by atoms with Gasteiger partial charge in [-0.15, -0.1) is 0 Å². The Balaban J connectivity index is 1.21. The van der Waals surface area contributed by atoms with Crippen LogP contribution in [0.5, 0.6) is 11.5 Å². The molecule has 4 amide bonds. The molecule has 2 aliphatic heterocycles. The van der Waals surface area contributed by atoms with Crippen molar-refractivity contribution in [3.8, 4) is 17.3 Å². The third kappa shape index (κ3) is 7.22. The van der Waals surface area contributed by atoms with Crippen molar-refractivity contribution in [2.75, 3.05) is 27.2 Å². The molecule has 0 spiro atoms. The number of halogens is 4. The number of benzene rings is 1. The number of carbonyl (C=O) groups is 3. The summed E-state index contributed by atoms with van der Waals surface area (Å²) < 4.78 is 80.6. The minimum atomic E-state index is -4.70. The predicted molar refractivity (Wildman–Crippen MR) is 185 cm³/mol. The van der Waals surface area contributed by atoms with Gasteiger partial charge in [-0.3, -0.25) is 14.3 Å². The average Bonchev–Trinajstić information content (AvgIpc) is 3.98. The Labute approximate surface area is 307 Å². The number of carbonyl (C=O) groups excluding carboxylic acids is 3. The largest absolute Gasteiger partial charge is 0.495 e. The molecule has 284 valence electrons. The molecule has 0 unspecified atom stereocenters. The van der Waals surface area contributed by atoms with Gasteiger partial charge in [0.05, 0.1) is 24.4 Å². The molecule has 2 N–H and O–H groups in total. The molecular formula is C34H37ClF3N7O7S. The number of nitrogens with one attached hydrogen (secondary N) is 2. The maximum Gasteiger partial charge on any atom is 0.435 e. The molecule has 14 nitrogen and oxygen atoms in total. The second-order valence-electron chi connectivity index (χ2n) is 13.8. The van der Waals surface area contributed by atoms with E-state index in [-0.39, 0.29) is 53.1 Å². The van der Waals surface area contributed by atoms with Crippen molar-refractivity contribution >= 4 is 50.4 Å². The van der Waals surface area contributed by atoms with Crippen LogP contribution < -0.4 is 19.5 Å². The third-order valence-electron chi connectivity index (χ3n) is 10.1. The zero-order chi connectivity index (χ0) is 37.9. The first-order valence-corrected chi connectivity index (χ1v) is 19.1. The van der Waals surface area contributed by atoms with Crippen LogP contribution in [0.25, 0.3) is 16.7 Å². The van der Waals surface area contributed by atoms with Crippen LogP contribution in [-0.4, -0.2) is 101 Å². The first-order chi connectivity index (χ1) is 25.1. The van der Waals surface area contributed by atoms with Crippen molar-refractivity contribution in [1.82, 2.24) is 34.6 Å². The fourth-order valence-corrected chi connectivity index (χ4v) is 8.50. The summed E-state index contributed by atoms with van der Waals surface area (Å²) in [6.07, 6.45) is 2.50. The fourth-order valence-electron chi connectivity index (χ4n) is 6.85. The Hall–Kier alpha value is -4.58. The second-order valence-corrected chi connectivity index (χ2v) is 16.2. The summed E-state index contributed by atoms with van der Waals surface area (Å²) in [7, 11) is -0.875. The van der Waals surface area contributed by atoms with Gasteiger partial charge in [0.2, 0.25) is 15.9 Å². The zero-order valence-corrected chi connectivity index (χ0v) is 30.3. The number of rotatable bonds is 7. The molecular weight excluding hydrogens is 743 g/mol. The molecule has 4 aliphatic rings. The average molecular weight is 780 g/mol. The van der Waals surface area contributed by atoms with Crippen molar-refractivity contribution in [3.63, 3.8) is 0 Å². The number of alkyl halides is 3. The molecule has 0 bridgehead atoms. The summed E-state index contributed by atoms with van der Waals surface area (Å²) in [6, 6.07) is 3.61. The molecule has 2 saturated carbocycles. The lowest BCUT2D eigenvalue weighted by Gasteiger charge is -2.30. The van der Waals surface area contributed by atoms with Crippen LogP contribution in [0, 0.1) is 5.92 Å². The highest BCUT2D eigenvalue weighted by Crippen LogP contribution is 2.46. The molecule has 53 heavy (non-hydrogen) atoms. The van der Waals surface area contributed by atoms with Crippen LogP contribution in [0.2, 0.25) is 5.02 Å². The van der Waals surface area contributed by atoms with Crippen LogP contribution in [0.3, 0.4) is 0 Å². The maximum atomic E-state index is 14.1. The summed E-state index contributed by atoms with van der Waals surface area (Å²) in [5.74, 6) is -1.30. The second kappa shape index (κ2) is 13.7. The number of sulfonamides is 1. The Morgan fingerprint density at radius 2 is 1.92 bits per heavy atom. The normalized spacial score (nSPS) is 26.0. The third-order valence-corrected chi connectivity index (χ3v) is 12.3. The lowest BCUT2D eigenvalue weighted by molar-refractivity contribution is -0.141. The highest BCUT2D eigenvalue weighted by molar-refractivity contribution is 7.91. The van der Waals surface area contributed by atoms with Gasteiger partial charge in [-0.2, -0.15) is 18.3 Å². The van der Waals surface area contributed by atoms with Gasteiger partial charge in [0.1, 0.15) is 34.2 Å². The summed E-state index contributed by atoms with van der Waals surface area (Å²) in [6.45, 7) is 0.305. The van der Waals surface area contributed by atoms with Crippen molar-refractivity contribution in [1.29, 1.82) is 0 Å². The first kappa shape index (κ1) is 36.8. The quantitative estimate of drug-likeness (QED) is 0.335. The number of urea groups is 1.